The molecule has 6 nitrogen and oxygen atoms in total. The Morgan fingerprint density at radius 3 is 2.52 bits per heavy atom. The Bertz CT molecular complexity index is 1340. The normalized spacial score (nSPS) is 10.5. The van der Waals surface area contributed by atoms with E-state index in [9.17, 15) is 9.59 Å². The zero-order chi connectivity index (χ0) is 20.4. The maximum atomic E-state index is 13.1. The largest absolute Gasteiger partial charge is 0.280 e. The number of aromatic nitrogens is 2. The van der Waals surface area contributed by atoms with Crippen molar-refractivity contribution < 1.29 is 4.79 Å². The van der Waals surface area contributed by atoms with Crippen molar-refractivity contribution in [3.63, 3.8) is 0 Å². The molecule has 29 heavy (non-hydrogen) atoms. The minimum Gasteiger partial charge on any atom is -0.267 e. The van der Waals surface area contributed by atoms with Crippen molar-refractivity contribution >= 4 is 28.4 Å². The third-order valence-corrected chi connectivity index (χ3v) is 4.58. The van der Waals surface area contributed by atoms with E-state index < -0.39 is 11.5 Å². The van der Waals surface area contributed by atoms with Crippen LogP contribution < -0.4 is 11.0 Å². The average molecular weight is 401 g/mol. The number of halogens is 1. The average Bonchev–Trinajstić information content (AvgIpc) is 2.75. The molecule has 140 valence electrons. The Morgan fingerprint density at radius 2 is 1.79 bits per heavy atom. The number of hydrogen-bond acceptors (Lipinski definition) is 4. The van der Waals surface area contributed by atoms with Gasteiger partial charge in [0.2, 0.25) is 0 Å². The topological polar surface area (TPSA) is 87.8 Å². The fourth-order valence-corrected chi connectivity index (χ4v) is 3.11. The molecule has 0 spiro atoms. The number of benzene rings is 3. The van der Waals surface area contributed by atoms with Crippen molar-refractivity contribution in [2.24, 2.45) is 0 Å². The van der Waals surface area contributed by atoms with Gasteiger partial charge in [0, 0.05) is 16.1 Å². The van der Waals surface area contributed by atoms with Gasteiger partial charge in [-0.1, -0.05) is 35.9 Å². The molecule has 0 unspecified atom stereocenters. The SMILES string of the molecule is N#Cc1ccc(C(=O)Nn2c(-c3cccc(Cl)c3)nc3ccccc3c2=O)cc1. The second-order valence-corrected chi connectivity index (χ2v) is 6.67. The number of carbonyl (C=O) groups is 1. The first-order valence-electron chi connectivity index (χ1n) is 8.66. The van der Waals surface area contributed by atoms with E-state index in [-0.39, 0.29) is 5.82 Å². The van der Waals surface area contributed by atoms with Crippen LogP contribution in [0, 0.1) is 11.3 Å². The molecule has 4 aromatic rings. The smallest absolute Gasteiger partial charge is 0.267 e. The Balaban J connectivity index is 1.86. The zero-order valence-corrected chi connectivity index (χ0v) is 15.7. The summed E-state index contributed by atoms with van der Waals surface area (Å²) < 4.78 is 1.12. The molecule has 0 aliphatic heterocycles. The Kier molecular flexibility index (Phi) is 4.82. The van der Waals surface area contributed by atoms with Crippen LogP contribution >= 0.6 is 11.6 Å². The number of rotatable bonds is 3. The molecule has 4 rings (SSSR count). The number of amides is 1. The highest BCUT2D eigenvalue weighted by molar-refractivity contribution is 6.30. The van der Waals surface area contributed by atoms with Crippen LogP contribution in [0.4, 0.5) is 0 Å². The van der Waals surface area contributed by atoms with Gasteiger partial charge in [-0.05, 0) is 48.5 Å². The van der Waals surface area contributed by atoms with E-state index in [0.29, 0.717) is 32.6 Å². The van der Waals surface area contributed by atoms with Gasteiger partial charge in [0.25, 0.3) is 11.5 Å². The van der Waals surface area contributed by atoms with Crippen LogP contribution in [0.25, 0.3) is 22.3 Å². The van der Waals surface area contributed by atoms with E-state index in [1.54, 1.807) is 48.5 Å². The van der Waals surface area contributed by atoms with Gasteiger partial charge in [0.1, 0.15) is 0 Å². The van der Waals surface area contributed by atoms with Crippen LogP contribution in [0.5, 0.6) is 0 Å². The van der Waals surface area contributed by atoms with Crippen molar-refractivity contribution in [2.75, 3.05) is 5.43 Å². The van der Waals surface area contributed by atoms with Crippen LogP contribution in [0.1, 0.15) is 15.9 Å². The molecule has 0 saturated carbocycles. The first-order valence-corrected chi connectivity index (χ1v) is 9.04. The second kappa shape index (κ2) is 7.58. The molecule has 0 radical (unpaired) electrons. The third kappa shape index (κ3) is 3.59. The Morgan fingerprint density at radius 1 is 1.03 bits per heavy atom. The van der Waals surface area contributed by atoms with Crippen molar-refractivity contribution in [2.45, 2.75) is 0 Å². The van der Waals surface area contributed by atoms with Crippen LogP contribution in [-0.4, -0.2) is 15.6 Å². The van der Waals surface area contributed by atoms with E-state index in [2.05, 4.69) is 10.4 Å². The summed E-state index contributed by atoms with van der Waals surface area (Å²) in [5, 5.41) is 9.76. The highest BCUT2D eigenvalue weighted by Gasteiger charge is 2.16. The van der Waals surface area contributed by atoms with Crippen molar-refractivity contribution in [3.8, 4) is 17.5 Å². The predicted molar refractivity (Wildman–Crippen MR) is 111 cm³/mol. The first kappa shape index (κ1) is 18.4. The fourth-order valence-electron chi connectivity index (χ4n) is 2.92. The highest BCUT2D eigenvalue weighted by Crippen LogP contribution is 2.21. The third-order valence-electron chi connectivity index (χ3n) is 4.35. The fraction of sp³-hybridized carbons (Fsp3) is 0. The summed E-state index contributed by atoms with van der Waals surface area (Å²) in [6, 6.07) is 21.9. The van der Waals surface area contributed by atoms with Gasteiger partial charge in [-0.3, -0.25) is 15.0 Å². The molecule has 1 amide bonds. The molecule has 0 atom stereocenters. The van der Waals surface area contributed by atoms with Crippen LogP contribution in [0.15, 0.2) is 77.6 Å². The molecule has 0 fully saturated rings. The van der Waals surface area contributed by atoms with Crippen molar-refractivity contribution in [1.29, 1.82) is 5.26 Å². The van der Waals surface area contributed by atoms with Crippen molar-refractivity contribution in [1.82, 2.24) is 9.66 Å². The monoisotopic (exact) mass is 400 g/mol. The summed E-state index contributed by atoms with van der Waals surface area (Å²) in [5.41, 5.74) is 4.05. The van der Waals surface area contributed by atoms with Crippen LogP contribution in [0.3, 0.4) is 0 Å². The number of carbonyl (C=O) groups excluding carboxylic acids is 1. The van der Waals surface area contributed by atoms with E-state index in [1.165, 1.54) is 24.3 Å². The summed E-state index contributed by atoms with van der Waals surface area (Å²) >= 11 is 6.11. The summed E-state index contributed by atoms with van der Waals surface area (Å²) in [4.78, 5) is 30.4. The quantitative estimate of drug-likeness (QED) is 0.563. The minimum atomic E-state index is -0.503. The number of hydrogen-bond donors (Lipinski definition) is 1. The molecule has 0 aliphatic carbocycles. The number of nitrogens with one attached hydrogen (secondary N) is 1. The number of nitriles is 1. The summed E-state index contributed by atoms with van der Waals surface area (Å²) in [5.74, 6) is -0.241. The standard InChI is InChI=1S/C22H13ClN4O2/c23-17-5-3-4-16(12-17)20-25-19-7-2-1-6-18(19)22(29)27(20)26-21(28)15-10-8-14(13-24)9-11-15/h1-12H,(H,26,28). The minimum absolute atomic E-state index is 0.262. The second-order valence-electron chi connectivity index (χ2n) is 6.23. The Hall–Kier alpha value is -3.95. The van der Waals surface area contributed by atoms with E-state index >= 15 is 0 Å². The lowest BCUT2D eigenvalue weighted by molar-refractivity contribution is 0.101. The summed E-state index contributed by atoms with van der Waals surface area (Å²) in [6.45, 7) is 0. The van der Waals surface area contributed by atoms with Crippen LogP contribution in [0.2, 0.25) is 5.02 Å². The van der Waals surface area contributed by atoms with Crippen LogP contribution in [-0.2, 0) is 0 Å². The number of para-hydroxylation sites is 1. The molecule has 3 aromatic carbocycles. The molecule has 1 heterocycles. The lowest BCUT2D eigenvalue weighted by Gasteiger charge is -2.15. The predicted octanol–water partition coefficient (Wildman–Crippen LogP) is 3.97. The molecular weight excluding hydrogens is 388 g/mol. The number of fused-ring (bicyclic) bond motifs is 1. The molecule has 7 heteroatoms. The Labute approximate surface area is 170 Å². The van der Waals surface area contributed by atoms with Gasteiger partial charge >= 0.3 is 0 Å². The number of nitrogens with zero attached hydrogens (tertiary/aromatic N) is 3. The lowest BCUT2D eigenvalue weighted by Crippen LogP contribution is -2.35. The molecular formula is C22H13ClN4O2. The lowest BCUT2D eigenvalue weighted by atomic mass is 10.1. The van der Waals surface area contributed by atoms with Gasteiger partial charge in [0.15, 0.2) is 5.82 Å². The highest BCUT2D eigenvalue weighted by atomic mass is 35.5. The van der Waals surface area contributed by atoms with Gasteiger partial charge < -0.3 is 0 Å². The van der Waals surface area contributed by atoms with E-state index in [0.717, 1.165) is 4.68 Å². The maximum absolute atomic E-state index is 13.1. The summed E-state index contributed by atoms with van der Waals surface area (Å²) in [6.07, 6.45) is 0. The van der Waals surface area contributed by atoms with Gasteiger partial charge in [-0.2, -0.15) is 9.94 Å². The zero-order valence-electron chi connectivity index (χ0n) is 15.0. The molecule has 1 aromatic heterocycles. The molecule has 0 aliphatic rings. The van der Waals surface area contributed by atoms with E-state index in [4.69, 9.17) is 16.9 Å². The molecule has 1 N–H and O–H groups in total. The van der Waals surface area contributed by atoms with Gasteiger partial charge in [-0.15, -0.1) is 0 Å². The molecule has 0 bridgehead atoms. The first-order chi connectivity index (χ1) is 14.1. The van der Waals surface area contributed by atoms with E-state index in [1.807, 2.05) is 6.07 Å². The van der Waals surface area contributed by atoms with Gasteiger partial charge in [0.05, 0.1) is 22.5 Å². The maximum Gasteiger partial charge on any atom is 0.280 e. The van der Waals surface area contributed by atoms with Gasteiger partial charge in [-0.25, -0.2) is 4.98 Å². The molecule has 0 saturated heterocycles. The summed E-state index contributed by atoms with van der Waals surface area (Å²) in [7, 11) is 0. The van der Waals surface area contributed by atoms with Crippen molar-refractivity contribution in [3.05, 3.63) is 99.3 Å².